The van der Waals surface area contributed by atoms with Crippen LogP contribution in [0.1, 0.15) is 11.1 Å². The number of rotatable bonds is 4. The normalized spacial score (nSPS) is 10.1. The molecule has 0 aliphatic rings. The first-order chi connectivity index (χ1) is 6.61. The molecule has 0 saturated carbocycles. The third kappa shape index (κ3) is 3.16. The minimum Gasteiger partial charge on any atom is -0.507 e. The van der Waals surface area contributed by atoms with Crippen LogP contribution in [0.25, 0.3) is 0 Å². The van der Waals surface area contributed by atoms with Gasteiger partial charge in [0.05, 0.1) is 0 Å². The molecule has 0 aliphatic carbocycles. The number of phenolic OH excluding ortho intramolecular Hbond substituents is 1. The molecule has 1 aromatic carbocycles. The molecular weight excluding hydrogens is 242 g/mol. The fourth-order valence-electron chi connectivity index (χ4n) is 1.20. The molecular formula is C11H14BrNO. The third-order valence-corrected chi connectivity index (χ3v) is 2.23. The highest BCUT2D eigenvalue weighted by molar-refractivity contribution is 9.11. The van der Waals surface area contributed by atoms with Crippen LogP contribution in [-0.4, -0.2) is 11.7 Å². The van der Waals surface area contributed by atoms with Gasteiger partial charge in [0.15, 0.2) is 0 Å². The predicted octanol–water partition coefficient (Wildman–Crippen LogP) is 2.70. The lowest BCUT2D eigenvalue weighted by atomic mass is 10.1. The highest BCUT2D eigenvalue weighted by Gasteiger charge is 2.02. The topological polar surface area (TPSA) is 32.3 Å². The summed E-state index contributed by atoms with van der Waals surface area (Å²) < 4.78 is 0.907. The van der Waals surface area contributed by atoms with E-state index in [1.807, 2.05) is 25.1 Å². The number of hydrogen-bond donors (Lipinski definition) is 2. The van der Waals surface area contributed by atoms with Crippen LogP contribution in [0.5, 0.6) is 5.75 Å². The smallest absolute Gasteiger partial charge is 0.122 e. The van der Waals surface area contributed by atoms with Crippen molar-refractivity contribution in [3.05, 3.63) is 40.4 Å². The Morgan fingerprint density at radius 2 is 2.29 bits per heavy atom. The van der Waals surface area contributed by atoms with Crippen molar-refractivity contribution in [1.29, 1.82) is 0 Å². The monoisotopic (exact) mass is 255 g/mol. The van der Waals surface area contributed by atoms with E-state index in [-0.39, 0.29) is 0 Å². The average molecular weight is 256 g/mol. The number of aromatic hydroxyl groups is 1. The SMILES string of the molecule is C=C(Br)CNCc1cccc(C)c1O. The summed E-state index contributed by atoms with van der Waals surface area (Å²) in [6, 6.07) is 5.74. The molecule has 76 valence electrons. The molecule has 2 N–H and O–H groups in total. The van der Waals surface area contributed by atoms with Gasteiger partial charge in [0.2, 0.25) is 0 Å². The molecule has 0 radical (unpaired) electrons. The Balaban J connectivity index is 2.59. The number of halogens is 1. The molecule has 14 heavy (non-hydrogen) atoms. The van der Waals surface area contributed by atoms with E-state index in [2.05, 4.69) is 27.8 Å². The van der Waals surface area contributed by atoms with Crippen molar-refractivity contribution in [2.24, 2.45) is 0 Å². The molecule has 0 amide bonds. The molecule has 3 heteroatoms. The first-order valence-electron chi connectivity index (χ1n) is 4.42. The lowest BCUT2D eigenvalue weighted by molar-refractivity contribution is 0.461. The van der Waals surface area contributed by atoms with Gasteiger partial charge in [-0.25, -0.2) is 0 Å². The van der Waals surface area contributed by atoms with Crippen molar-refractivity contribution >= 4 is 15.9 Å². The highest BCUT2D eigenvalue weighted by atomic mass is 79.9. The van der Waals surface area contributed by atoms with Crippen molar-refractivity contribution in [3.63, 3.8) is 0 Å². The van der Waals surface area contributed by atoms with E-state index in [1.54, 1.807) is 0 Å². The summed E-state index contributed by atoms with van der Waals surface area (Å²) >= 11 is 3.26. The molecule has 0 heterocycles. The van der Waals surface area contributed by atoms with Gasteiger partial charge in [-0.3, -0.25) is 0 Å². The predicted molar refractivity (Wildman–Crippen MR) is 62.6 cm³/mol. The Bertz CT molecular complexity index is 336. The minimum atomic E-state index is 0.375. The molecule has 2 nitrogen and oxygen atoms in total. The first-order valence-corrected chi connectivity index (χ1v) is 5.22. The summed E-state index contributed by atoms with van der Waals surface area (Å²) in [5.74, 6) is 0.375. The van der Waals surface area contributed by atoms with E-state index in [0.717, 1.165) is 15.6 Å². The van der Waals surface area contributed by atoms with Gasteiger partial charge in [-0.15, -0.1) is 0 Å². The van der Waals surface area contributed by atoms with E-state index < -0.39 is 0 Å². The van der Waals surface area contributed by atoms with Gasteiger partial charge in [-0.2, -0.15) is 0 Å². The second-order valence-electron chi connectivity index (χ2n) is 3.20. The molecule has 0 atom stereocenters. The van der Waals surface area contributed by atoms with E-state index in [9.17, 15) is 5.11 Å². The van der Waals surface area contributed by atoms with Crippen LogP contribution >= 0.6 is 15.9 Å². The summed E-state index contributed by atoms with van der Waals surface area (Å²) in [5.41, 5.74) is 1.82. The number of para-hydroxylation sites is 1. The van der Waals surface area contributed by atoms with Gasteiger partial charge in [0, 0.05) is 23.1 Å². The summed E-state index contributed by atoms with van der Waals surface area (Å²) in [7, 11) is 0. The fourth-order valence-corrected chi connectivity index (χ4v) is 1.39. The average Bonchev–Trinajstić information content (AvgIpc) is 2.12. The zero-order chi connectivity index (χ0) is 10.6. The van der Waals surface area contributed by atoms with Gasteiger partial charge < -0.3 is 10.4 Å². The highest BCUT2D eigenvalue weighted by Crippen LogP contribution is 2.20. The molecule has 0 fully saturated rings. The van der Waals surface area contributed by atoms with Crippen molar-refractivity contribution in [2.45, 2.75) is 13.5 Å². The number of aryl methyl sites for hydroxylation is 1. The van der Waals surface area contributed by atoms with Crippen LogP contribution in [0.15, 0.2) is 29.3 Å². The summed E-state index contributed by atoms with van der Waals surface area (Å²) in [6.45, 7) is 6.96. The van der Waals surface area contributed by atoms with Gasteiger partial charge in [0.1, 0.15) is 5.75 Å². The van der Waals surface area contributed by atoms with E-state index in [1.165, 1.54) is 0 Å². The molecule has 0 aliphatic heterocycles. The largest absolute Gasteiger partial charge is 0.507 e. The van der Waals surface area contributed by atoms with E-state index >= 15 is 0 Å². The van der Waals surface area contributed by atoms with Crippen molar-refractivity contribution in [1.82, 2.24) is 5.32 Å². The standard InChI is InChI=1S/C11H14BrNO/c1-8-4-3-5-10(11(8)14)7-13-6-9(2)12/h3-5,13-14H,2,6-7H2,1H3. The Labute approximate surface area is 92.8 Å². The molecule has 0 bridgehead atoms. The van der Waals surface area contributed by atoms with Gasteiger partial charge in [0.25, 0.3) is 0 Å². The van der Waals surface area contributed by atoms with E-state index in [0.29, 0.717) is 18.8 Å². The molecule has 0 spiro atoms. The number of benzene rings is 1. The second-order valence-corrected chi connectivity index (χ2v) is 4.32. The van der Waals surface area contributed by atoms with Gasteiger partial charge in [-0.1, -0.05) is 40.7 Å². The quantitative estimate of drug-likeness (QED) is 0.868. The number of nitrogens with one attached hydrogen (secondary N) is 1. The Morgan fingerprint density at radius 1 is 1.57 bits per heavy atom. The third-order valence-electron chi connectivity index (χ3n) is 1.95. The Kier molecular flexibility index (Phi) is 4.17. The molecule has 1 rings (SSSR count). The maximum Gasteiger partial charge on any atom is 0.122 e. The van der Waals surface area contributed by atoms with Crippen LogP contribution in [-0.2, 0) is 6.54 Å². The van der Waals surface area contributed by atoms with Gasteiger partial charge >= 0.3 is 0 Å². The van der Waals surface area contributed by atoms with Gasteiger partial charge in [-0.05, 0) is 12.5 Å². The fraction of sp³-hybridized carbons (Fsp3) is 0.273. The van der Waals surface area contributed by atoms with E-state index in [4.69, 9.17) is 0 Å². The number of hydrogen-bond acceptors (Lipinski definition) is 2. The molecule has 0 aromatic heterocycles. The van der Waals surface area contributed by atoms with Crippen molar-refractivity contribution < 1.29 is 5.11 Å². The lowest BCUT2D eigenvalue weighted by Crippen LogP contribution is -2.14. The minimum absolute atomic E-state index is 0.375. The molecule has 0 saturated heterocycles. The van der Waals surface area contributed by atoms with Crippen LogP contribution < -0.4 is 5.32 Å². The first kappa shape index (κ1) is 11.3. The Hall–Kier alpha value is -0.800. The second kappa shape index (κ2) is 5.17. The molecule has 1 aromatic rings. The summed E-state index contributed by atoms with van der Waals surface area (Å²) in [6.07, 6.45) is 0. The Morgan fingerprint density at radius 3 is 2.93 bits per heavy atom. The zero-order valence-electron chi connectivity index (χ0n) is 8.18. The summed E-state index contributed by atoms with van der Waals surface area (Å²) in [4.78, 5) is 0. The van der Waals surface area contributed by atoms with Crippen molar-refractivity contribution in [2.75, 3.05) is 6.54 Å². The molecule has 0 unspecified atom stereocenters. The zero-order valence-corrected chi connectivity index (χ0v) is 9.76. The van der Waals surface area contributed by atoms with Crippen LogP contribution in [0.3, 0.4) is 0 Å². The van der Waals surface area contributed by atoms with Crippen LogP contribution in [0.4, 0.5) is 0 Å². The van der Waals surface area contributed by atoms with Crippen LogP contribution in [0, 0.1) is 6.92 Å². The number of phenols is 1. The maximum absolute atomic E-state index is 9.69. The maximum atomic E-state index is 9.69. The van der Waals surface area contributed by atoms with Crippen LogP contribution in [0.2, 0.25) is 0 Å². The van der Waals surface area contributed by atoms with Crippen molar-refractivity contribution in [3.8, 4) is 5.75 Å². The lowest BCUT2D eigenvalue weighted by Gasteiger charge is -2.07. The summed E-state index contributed by atoms with van der Waals surface area (Å²) in [5, 5.41) is 12.9.